The third-order valence-electron chi connectivity index (χ3n) is 3.03. The molecular weight excluding hydrogens is 259 g/mol. The van der Waals surface area contributed by atoms with Crippen LogP contribution in [-0.4, -0.2) is 25.0 Å². The second-order valence-corrected chi connectivity index (χ2v) is 4.46. The Labute approximate surface area is 108 Å². The predicted octanol–water partition coefficient (Wildman–Crippen LogP) is 1.58. The first-order valence-corrected chi connectivity index (χ1v) is 5.86. The highest BCUT2D eigenvalue weighted by atomic mass is 19.4. The number of hydrogen-bond donors (Lipinski definition) is 3. The SMILES string of the molecule is NC(=O)c1cc(C(F)(F)F)ccc1NC1CCNC1. The molecule has 1 unspecified atom stereocenters. The summed E-state index contributed by atoms with van der Waals surface area (Å²) in [6, 6.07) is 3.07. The maximum Gasteiger partial charge on any atom is 0.416 e. The van der Waals surface area contributed by atoms with Gasteiger partial charge in [0.1, 0.15) is 0 Å². The first-order chi connectivity index (χ1) is 8.88. The van der Waals surface area contributed by atoms with E-state index < -0.39 is 17.6 Å². The van der Waals surface area contributed by atoms with Crippen LogP contribution in [0.3, 0.4) is 0 Å². The molecule has 1 saturated heterocycles. The summed E-state index contributed by atoms with van der Waals surface area (Å²) in [6.07, 6.45) is -3.64. The van der Waals surface area contributed by atoms with E-state index in [9.17, 15) is 18.0 Å². The number of amides is 1. The van der Waals surface area contributed by atoms with E-state index in [2.05, 4.69) is 10.6 Å². The smallest absolute Gasteiger partial charge is 0.380 e. The van der Waals surface area contributed by atoms with E-state index in [1.165, 1.54) is 6.07 Å². The molecule has 1 fully saturated rings. The summed E-state index contributed by atoms with van der Waals surface area (Å²) in [4.78, 5) is 11.3. The van der Waals surface area contributed by atoms with Gasteiger partial charge in [-0.3, -0.25) is 4.79 Å². The minimum Gasteiger partial charge on any atom is -0.380 e. The number of primary amides is 1. The van der Waals surface area contributed by atoms with Crippen LogP contribution in [0.15, 0.2) is 18.2 Å². The molecule has 1 aromatic rings. The van der Waals surface area contributed by atoms with Crippen LogP contribution in [0, 0.1) is 0 Å². The Balaban J connectivity index is 2.29. The number of nitrogens with two attached hydrogens (primary N) is 1. The van der Waals surface area contributed by atoms with E-state index in [1.54, 1.807) is 0 Å². The predicted molar refractivity (Wildman–Crippen MR) is 64.9 cm³/mol. The van der Waals surface area contributed by atoms with Crippen LogP contribution in [-0.2, 0) is 6.18 Å². The van der Waals surface area contributed by atoms with E-state index in [0.29, 0.717) is 12.2 Å². The number of carbonyl (C=O) groups excluding carboxylic acids is 1. The van der Waals surface area contributed by atoms with Gasteiger partial charge in [0, 0.05) is 18.3 Å². The number of carbonyl (C=O) groups is 1. The van der Waals surface area contributed by atoms with Gasteiger partial charge in [-0.15, -0.1) is 0 Å². The van der Waals surface area contributed by atoms with E-state index in [0.717, 1.165) is 25.1 Å². The lowest BCUT2D eigenvalue weighted by Crippen LogP contribution is -2.25. The van der Waals surface area contributed by atoms with Crippen LogP contribution in [0.4, 0.5) is 18.9 Å². The number of benzene rings is 1. The summed E-state index contributed by atoms with van der Waals surface area (Å²) in [5.41, 5.74) is 4.47. The first kappa shape index (κ1) is 13.7. The van der Waals surface area contributed by atoms with Crippen molar-refractivity contribution < 1.29 is 18.0 Å². The van der Waals surface area contributed by atoms with Crippen LogP contribution >= 0.6 is 0 Å². The maximum atomic E-state index is 12.6. The second-order valence-electron chi connectivity index (χ2n) is 4.46. The van der Waals surface area contributed by atoms with Gasteiger partial charge in [0.25, 0.3) is 5.91 Å². The maximum absolute atomic E-state index is 12.6. The zero-order chi connectivity index (χ0) is 14.0. The Hall–Kier alpha value is -1.76. The summed E-state index contributed by atoms with van der Waals surface area (Å²) in [7, 11) is 0. The third kappa shape index (κ3) is 3.17. The second kappa shape index (κ2) is 5.08. The molecule has 1 amide bonds. The lowest BCUT2D eigenvalue weighted by atomic mass is 10.1. The molecule has 1 aliphatic rings. The van der Waals surface area contributed by atoms with Crippen LogP contribution in [0.1, 0.15) is 22.3 Å². The summed E-state index contributed by atoms with van der Waals surface area (Å²) in [5.74, 6) is -0.875. The van der Waals surface area contributed by atoms with Crippen molar-refractivity contribution >= 4 is 11.6 Å². The van der Waals surface area contributed by atoms with Gasteiger partial charge in [0.15, 0.2) is 0 Å². The standard InChI is InChI=1S/C12H14F3N3O/c13-12(14,15)7-1-2-10(9(5-7)11(16)19)18-8-3-4-17-6-8/h1-2,5,8,17-18H,3-4,6H2,(H2,16,19). The average molecular weight is 273 g/mol. The fourth-order valence-corrected chi connectivity index (χ4v) is 2.05. The van der Waals surface area contributed by atoms with Crippen molar-refractivity contribution in [2.75, 3.05) is 18.4 Å². The lowest BCUT2D eigenvalue weighted by Gasteiger charge is -2.17. The monoisotopic (exact) mass is 273 g/mol. The Morgan fingerprint density at radius 2 is 2.16 bits per heavy atom. The topological polar surface area (TPSA) is 67.2 Å². The zero-order valence-electron chi connectivity index (χ0n) is 10.1. The zero-order valence-corrected chi connectivity index (χ0v) is 10.1. The van der Waals surface area contributed by atoms with Crippen molar-refractivity contribution in [3.8, 4) is 0 Å². The van der Waals surface area contributed by atoms with Crippen molar-refractivity contribution in [2.24, 2.45) is 5.73 Å². The Morgan fingerprint density at radius 1 is 1.42 bits per heavy atom. The highest BCUT2D eigenvalue weighted by Gasteiger charge is 2.31. The molecule has 7 heteroatoms. The van der Waals surface area contributed by atoms with Crippen LogP contribution in [0.2, 0.25) is 0 Å². The van der Waals surface area contributed by atoms with Gasteiger partial charge in [-0.2, -0.15) is 13.2 Å². The molecule has 4 N–H and O–H groups in total. The van der Waals surface area contributed by atoms with E-state index in [1.807, 2.05) is 0 Å². The third-order valence-corrected chi connectivity index (χ3v) is 3.03. The molecule has 19 heavy (non-hydrogen) atoms. The summed E-state index contributed by atoms with van der Waals surface area (Å²) in [6.45, 7) is 1.55. The minimum atomic E-state index is -4.49. The van der Waals surface area contributed by atoms with Crippen LogP contribution in [0.25, 0.3) is 0 Å². The number of nitrogens with one attached hydrogen (secondary N) is 2. The van der Waals surface area contributed by atoms with Gasteiger partial charge >= 0.3 is 6.18 Å². The average Bonchev–Trinajstić information content (AvgIpc) is 2.80. The minimum absolute atomic E-state index is 0.0924. The van der Waals surface area contributed by atoms with Gasteiger partial charge in [0.2, 0.25) is 0 Å². The number of anilines is 1. The molecule has 1 heterocycles. The Morgan fingerprint density at radius 3 is 2.68 bits per heavy atom. The van der Waals surface area contributed by atoms with Crippen molar-refractivity contribution in [1.29, 1.82) is 0 Å². The molecule has 0 aromatic heterocycles. The molecule has 0 saturated carbocycles. The van der Waals surface area contributed by atoms with Gasteiger partial charge in [-0.05, 0) is 31.2 Å². The molecule has 1 atom stereocenters. The summed E-state index contributed by atoms with van der Waals surface area (Å²) in [5, 5.41) is 6.16. The molecule has 0 bridgehead atoms. The van der Waals surface area contributed by atoms with Crippen LogP contribution in [0.5, 0.6) is 0 Å². The number of halogens is 3. The van der Waals surface area contributed by atoms with E-state index in [-0.39, 0.29) is 11.6 Å². The summed E-state index contributed by atoms with van der Waals surface area (Å²) >= 11 is 0. The Bertz CT molecular complexity index is 482. The van der Waals surface area contributed by atoms with Gasteiger partial charge < -0.3 is 16.4 Å². The summed E-state index contributed by atoms with van der Waals surface area (Å²) < 4.78 is 37.8. The largest absolute Gasteiger partial charge is 0.416 e. The molecule has 0 radical (unpaired) electrons. The Kier molecular flexibility index (Phi) is 3.66. The molecule has 1 aromatic carbocycles. The highest BCUT2D eigenvalue weighted by Crippen LogP contribution is 2.32. The van der Waals surface area contributed by atoms with Crippen LogP contribution < -0.4 is 16.4 Å². The fraction of sp³-hybridized carbons (Fsp3) is 0.417. The van der Waals surface area contributed by atoms with E-state index >= 15 is 0 Å². The molecule has 0 aliphatic carbocycles. The molecule has 4 nitrogen and oxygen atoms in total. The molecule has 104 valence electrons. The first-order valence-electron chi connectivity index (χ1n) is 5.86. The lowest BCUT2D eigenvalue weighted by molar-refractivity contribution is -0.137. The van der Waals surface area contributed by atoms with Gasteiger partial charge in [0.05, 0.1) is 11.1 Å². The van der Waals surface area contributed by atoms with E-state index in [4.69, 9.17) is 5.73 Å². The molecular formula is C12H14F3N3O. The fourth-order valence-electron chi connectivity index (χ4n) is 2.05. The molecule has 0 spiro atoms. The quantitative estimate of drug-likeness (QED) is 0.783. The van der Waals surface area contributed by atoms with Crippen molar-refractivity contribution in [3.05, 3.63) is 29.3 Å². The normalized spacial score (nSPS) is 19.4. The van der Waals surface area contributed by atoms with Crippen molar-refractivity contribution in [2.45, 2.75) is 18.6 Å². The highest BCUT2D eigenvalue weighted by molar-refractivity contribution is 5.98. The van der Waals surface area contributed by atoms with Gasteiger partial charge in [-0.1, -0.05) is 0 Å². The van der Waals surface area contributed by atoms with Gasteiger partial charge in [-0.25, -0.2) is 0 Å². The number of hydrogen-bond acceptors (Lipinski definition) is 3. The molecule has 2 rings (SSSR count). The number of alkyl halides is 3. The van der Waals surface area contributed by atoms with Crippen molar-refractivity contribution in [1.82, 2.24) is 5.32 Å². The number of rotatable bonds is 3. The molecule has 1 aliphatic heterocycles. The van der Waals surface area contributed by atoms with Crippen molar-refractivity contribution in [3.63, 3.8) is 0 Å².